The number of phenolic OH excluding ortho intramolecular Hbond substituents is 1. The van der Waals surface area contributed by atoms with Gasteiger partial charge < -0.3 is 20.6 Å². The van der Waals surface area contributed by atoms with Crippen molar-refractivity contribution in [2.75, 3.05) is 25.4 Å². The van der Waals surface area contributed by atoms with E-state index in [1.165, 1.54) is 18.6 Å². The normalized spacial score (nSPS) is 18.7. The minimum atomic E-state index is -2.81. The highest BCUT2D eigenvalue weighted by atomic mass is 19.3. The van der Waals surface area contributed by atoms with Crippen LogP contribution in [0.3, 0.4) is 0 Å². The maximum absolute atomic E-state index is 13.8. The number of pyridine rings is 1. The van der Waals surface area contributed by atoms with Crippen LogP contribution in [0.4, 0.5) is 14.6 Å². The van der Waals surface area contributed by atoms with Gasteiger partial charge in [0.2, 0.25) is 5.91 Å². The first kappa shape index (κ1) is 26.0. The summed E-state index contributed by atoms with van der Waals surface area (Å²) in [6.45, 7) is 4.47. The molecule has 0 bridgehead atoms. The molecule has 11 heteroatoms. The summed E-state index contributed by atoms with van der Waals surface area (Å²) in [6, 6.07) is 7.57. The smallest absolute Gasteiger partial charge is 0.280 e. The van der Waals surface area contributed by atoms with Crippen LogP contribution in [0, 0.1) is 0 Å². The van der Waals surface area contributed by atoms with Crippen molar-refractivity contribution in [3.63, 3.8) is 0 Å². The minimum absolute atomic E-state index is 0.0249. The van der Waals surface area contributed by atoms with E-state index in [-0.39, 0.29) is 36.1 Å². The number of nitrogen functional groups attached to an aromatic ring is 1. The molecule has 1 fully saturated rings. The molecular formula is C29H30F2N6O3. The van der Waals surface area contributed by atoms with Crippen molar-refractivity contribution < 1.29 is 23.5 Å². The van der Waals surface area contributed by atoms with Crippen molar-refractivity contribution in [3.05, 3.63) is 76.8 Å². The second kappa shape index (κ2) is 10.0. The lowest BCUT2D eigenvalue weighted by atomic mass is 9.80. The number of aromatic nitrogens is 3. The molecule has 0 radical (unpaired) electrons. The van der Waals surface area contributed by atoms with Gasteiger partial charge in [-0.3, -0.25) is 9.59 Å². The molecule has 3 aromatic rings. The third kappa shape index (κ3) is 4.29. The van der Waals surface area contributed by atoms with Gasteiger partial charge in [-0.2, -0.15) is 5.10 Å². The van der Waals surface area contributed by atoms with E-state index in [4.69, 9.17) is 10.8 Å². The van der Waals surface area contributed by atoms with Crippen LogP contribution < -0.4 is 5.73 Å². The predicted octanol–water partition coefficient (Wildman–Crippen LogP) is 4.07. The lowest BCUT2D eigenvalue weighted by Gasteiger charge is -2.38. The Labute approximate surface area is 229 Å². The molecule has 40 heavy (non-hydrogen) atoms. The van der Waals surface area contributed by atoms with Gasteiger partial charge in [0.25, 0.3) is 12.3 Å². The standard InChI is InChI=1S/C29H30F2N6O3/c1-2-25(39)35-12-10-19-26-22(37(34-19)21-9-6-17(14-24(21)38)16-4-3-5-16)11-13-36(23(26)15-35)29(40)18-7-8-20(27(30)31)33-28(18)32/h2,6-9,14,16,23,27,38H,1,3-5,10-13,15H2,(H2,32,33). The number of alkyl halides is 2. The highest BCUT2D eigenvalue weighted by Gasteiger charge is 2.40. The molecule has 4 heterocycles. The Hall–Kier alpha value is -4.28. The number of rotatable bonds is 5. The molecule has 3 aliphatic rings. The molecule has 1 aromatic carbocycles. The van der Waals surface area contributed by atoms with Crippen LogP contribution in [0.2, 0.25) is 0 Å². The highest BCUT2D eigenvalue weighted by Crippen LogP contribution is 2.41. The van der Waals surface area contributed by atoms with E-state index < -0.39 is 24.1 Å². The SMILES string of the molecule is C=CC(=O)N1CCc2nn(-c3ccc(C4CCC4)cc3O)c3c2C(C1)N(C(=O)c1ccc(C(F)F)nc1N)CC3. The number of benzene rings is 1. The average Bonchev–Trinajstić information content (AvgIpc) is 3.16. The van der Waals surface area contributed by atoms with Crippen LogP contribution in [0.25, 0.3) is 5.69 Å². The number of anilines is 1. The summed E-state index contributed by atoms with van der Waals surface area (Å²) < 4.78 is 28.0. The molecular weight excluding hydrogens is 518 g/mol. The van der Waals surface area contributed by atoms with Gasteiger partial charge in [0.1, 0.15) is 22.9 Å². The number of halogens is 2. The van der Waals surface area contributed by atoms with Crippen molar-refractivity contribution >= 4 is 17.6 Å². The second-order valence-corrected chi connectivity index (χ2v) is 10.6. The number of nitrogens with two attached hydrogens (primary N) is 1. The van der Waals surface area contributed by atoms with E-state index in [0.29, 0.717) is 31.0 Å². The van der Waals surface area contributed by atoms with Crippen LogP contribution in [-0.4, -0.2) is 61.1 Å². The first-order chi connectivity index (χ1) is 19.3. The van der Waals surface area contributed by atoms with Gasteiger partial charge in [-0.05, 0) is 54.7 Å². The van der Waals surface area contributed by atoms with Crippen molar-refractivity contribution in [3.8, 4) is 11.4 Å². The van der Waals surface area contributed by atoms with Gasteiger partial charge in [0.05, 0.1) is 23.0 Å². The van der Waals surface area contributed by atoms with Crippen molar-refractivity contribution in [1.82, 2.24) is 24.6 Å². The van der Waals surface area contributed by atoms with Crippen LogP contribution in [0.5, 0.6) is 5.75 Å². The van der Waals surface area contributed by atoms with Gasteiger partial charge in [-0.15, -0.1) is 0 Å². The van der Waals surface area contributed by atoms with E-state index in [2.05, 4.69) is 11.6 Å². The van der Waals surface area contributed by atoms with Crippen LogP contribution >= 0.6 is 0 Å². The molecule has 2 aromatic heterocycles. The number of carbonyl (C=O) groups excluding carboxylic acids is 2. The fourth-order valence-corrected chi connectivity index (χ4v) is 6.03. The maximum atomic E-state index is 13.8. The summed E-state index contributed by atoms with van der Waals surface area (Å²) in [5, 5.41) is 15.9. The molecule has 2 amide bonds. The second-order valence-electron chi connectivity index (χ2n) is 10.6. The maximum Gasteiger partial charge on any atom is 0.280 e. The number of nitrogens with zero attached hydrogens (tertiary/aromatic N) is 5. The zero-order valence-electron chi connectivity index (χ0n) is 21.9. The van der Waals surface area contributed by atoms with E-state index in [9.17, 15) is 23.5 Å². The van der Waals surface area contributed by atoms with Crippen LogP contribution in [-0.2, 0) is 17.6 Å². The first-order valence-corrected chi connectivity index (χ1v) is 13.5. The molecule has 1 atom stereocenters. The monoisotopic (exact) mass is 548 g/mol. The number of amides is 2. The molecule has 1 aliphatic carbocycles. The molecule has 9 nitrogen and oxygen atoms in total. The lowest BCUT2D eigenvalue weighted by molar-refractivity contribution is -0.126. The number of aromatic hydroxyl groups is 1. The first-order valence-electron chi connectivity index (χ1n) is 13.5. The van der Waals surface area contributed by atoms with Crippen molar-refractivity contribution in [1.29, 1.82) is 0 Å². The van der Waals surface area contributed by atoms with Crippen LogP contribution in [0.15, 0.2) is 43.0 Å². The van der Waals surface area contributed by atoms with Gasteiger partial charge in [0, 0.05) is 38.0 Å². The zero-order chi connectivity index (χ0) is 28.1. The molecule has 1 unspecified atom stereocenters. The Morgan fingerprint density at radius 2 is 1.95 bits per heavy atom. The third-order valence-corrected chi connectivity index (χ3v) is 8.36. The Bertz CT molecular complexity index is 1520. The molecule has 208 valence electrons. The van der Waals surface area contributed by atoms with E-state index in [0.717, 1.165) is 41.4 Å². The number of hydrogen-bond acceptors (Lipinski definition) is 6. The number of hydrogen-bond donors (Lipinski definition) is 2. The summed E-state index contributed by atoms with van der Waals surface area (Å²) in [7, 11) is 0. The molecule has 0 saturated heterocycles. The molecule has 2 aliphatic heterocycles. The Balaban J connectivity index is 1.40. The van der Waals surface area contributed by atoms with Gasteiger partial charge in [-0.25, -0.2) is 18.4 Å². The molecule has 1 saturated carbocycles. The summed E-state index contributed by atoms with van der Waals surface area (Å²) >= 11 is 0. The Morgan fingerprint density at radius 1 is 1.15 bits per heavy atom. The van der Waals surface area contributed by atoms with Crippen molar-refractivity contribution in [2.24, 2.45) is 0 Å². The largest absolute Gasteiger partial charge is 0.506 e. The highest BCUT2D eigenvalue weighted by molar-refractivity contribution is 5.99. The molecule has 3 N–H and O–H groups in total. The summed E-state index contributed by atoms with van der Waals surface area (Å²) in [6.07, 6.45) is 2.77. The molecule has 6 rings (SSSR count). The fraction of sp³-hybridized carbons (Fsp3) is 0.379. The zero-order valence-corrected chi connectivity index (χ0v) is 21.9. The van der Waals surface area contributed by atoms with Gasteiger partial charge in [-0.1, -0.05) is 19.1 Å². The summed E-state index contributed by atoms with van der Waals surface area (Å²) in [4.78, 5) is 33.4. The van der Waals surface area contributed by atoms with Crippen molar-refractivity contribution in [2.45, 2.75) is 50.5 Å². The van der Waals surface area contributed by atoms with Crippen LogP contribution in [0.1, 0.15) is 76.2 Å². The fourth-order valence-electron chi connectivity index (χ4n) is 6.03. The lowest BCUT2D eigenvalue weighted by Crippen LogP contribution is -2.46. The Morgan fingerprint density at radius 3 is 2.60 bits per heavy atom. The Kier molecular flexibility index (Phi) is 6.52. The van der Waals surface area contributed by atoms with E-state index >= 15 is 0 Å². The average molecular weight is 549 g/mol. The quantitative estimate of drug-likeness (QED) is 0.464. The number of carbonyl (C=O) groups is 2. The summed E-state index contributed by atoms with van der Waals surface area (Å²) in [5.41, 5.74) is 9.59. The summed E-state index contributed by atoms with van der Waals surface area (Å²) in [5.74, 6) is -0.366. The van der Waals surface area contributed by atoms with E-state index in [1.54, 1.807) is 14.5 Å². The van der Waals surface area contributed by atoms with E-state index in [1.807, 2.05) is 18.2 Å². The topological polar surface area (TPSA) is 118 Å². The molecule has 0 spiro atoms. The minimum Gasteiger partial charge on any atom is -0.506 e. The van der Waals surface area contributed by atoms with Gasteiger partial charge in [0.15, 0.2) is 0 Å². The van der Waals surface area contributed by atoms with Gasteiger partial charge >= 0.3 is 0 Å². The third-order valence-electron chi connectivity index (χ3n) is 8.36. The number of phenols is 1. The predicted molar refractivity (Wildman–Crippen MR) is 143 cm³/mol.